The molecule has 0 aliphatic rings. The summed E-state index contributed by atoms with van der Waals surface area (Å²) in [6, 6.07) is 5.37. The highest BCUT2D eigenvalue weighted by Crippen LogP contribution is 2.33. The third-order valence-electron chi connectivity index (χ3n) is 2.24. The van der Waals surface area contributed by atoms with Crippen LogP contribution < -0.4 is 0 Å². The lowest BCUT2D eigenvalue weighted by Gasteiger charge is -2.18. The van der Waals surface area contributed by atoms with Crippen LogP contribution in [0, 0.1) is 0 Å². The number of halogens is 2. The van der Waals surface area contributed by atoms with Gasteiger partial charge in [-0.05, 0) is 6.92 Å². The molecule has 1 aromatic rings. The van der Waals surface area contributed by atoms with E-state index in [9.17, 15) is 18.7 Å². The largest absolute Gasteiger partial charge is 0.464 e. The fourth-order valence-electron chi connectivity index (χ4n) is 1.48. The molecule has 1 atom stereocenters. The van der Waals surface area contributed by atoms with Crippen LogP contribution in [-0.4, -0.2) is 17.7 Å². The topological polar surface area (TPSA) is 46.5 Å². The van der Waals surface area contributed by atoms with Gasteiger partial charge in [-0.1, -0.05) is 24.3 Å². The third kappa shape index (κ3) is 3.23. The van der Waals surface area contributed by atoms with Gasteiger partial charge >= 0.3 is 5.97 Å². The maximum atomic E-state index is 13.3. The van der Waals surface area contributed by atoms with Crippen LogP contribution in [0.15, 0.2) is 24.3 Å². The molecule has 0 saturated heterocycles. The number of alkyl halides is 2. The van der Waals surface area contributed by atoms with Gasteiger partial charge in [0.25, 0.3) is 5.92 Å². The van der Waals surface area contributed by atoms with Crippen LogP contribution in [0.5, 0.6) is 0 Å². The van der Waals surface area contributed by atoms with Crippen molar-refractivity contribution in [2.45, 2.75) is 25.9 Å². The highest BCUT2D eigenvalue weighted by Gasteiger charge is 2.32. The normalized spacial score (nSPS) is 13.2. The van der Waals surface area contributed by atoms with E-state index in [1.165, 1.54) is 24.3 Å². The number of carbonyl (C=O) groups is 1. The summed E-state index contributed by atoms with van der Waals surface area (Å²) in [7, 11) is 0. The van der Waals surface area contributed by atoms with Gasteiger partial charge in [0, 0.05) is 18.1 Å². The number of aliphatic hydroxyl groups is 1. The van der Waals surface area contributed by atoms with Crippen molar-refractivity contribution in [1.29, 1.82) is 0 Å². The Labute approximate surface area is 98.0 Å². The summed E-state index contributed by atoms with van der Waals surface area (Å²) >= 11 is 0. The lowest BCUT2D eigenvalue weighted by Crippen LogP contribution is -2.20. The van der Waals surface area contributed by atoms with Crippen molar-refractivity contribution in [1.82, 2.24) is 0 Å². The van der Waals surface area contributed by atoms with Gasteiger partial charge in [0.05, 0.1) is 6.61 Å². The van der Waals surface area contributed by atoms with Crippen molar-refractivity contribution in [3.63, 3.8) is 0 Å². The molecule has 0 heterocycles. The second-order valence-electron chi connectivity index (χ2n) is 3.63. The van der Waals surface area contributed by atoms with Crippen LogP contribution in [0.2, 0.25) is 0 Å². The van der Waals surface area contributed by atoms with Gasteiger partial charge in [-0.3, -0.25) is 0 Å². The average Bonchev–Trinajstić information content (AvgIpc) is 2.27. The number of aliphatic hydroxyl groups excluding tert-OH is 1. The molecule has 0 bridgehead atoms. The molecule has 0 saturated carbocycles. The van der Waals surface area contributed by atoms with E-state index in [-0.39, 0.29) is 17.7 Å². The fraction of sp³-hybridized carbons (Fsp3) is 0.417. The summed E-state index contributed by atoms with van der Waals surface area (Å²) in [5.41, 5.74) is -0.501. The minimum Gasteiger partial charge on any atom is -0.464 e. The Morgan fingerprint density at radius 1 is 1.47 bits per heavy atom. The molecule has 94 valence electrons. The van der Waals surface area contributed by atoms with E-state index in [4.69, 9.17) is 0 Å². The van der Waals surface area contributed by atoms with Crippen LogP contribution >= 0.6 is 0 Å². The minimum atomic E-state index is -3.12. The number of benzene rings is 1. The molecule has 0 aliphatic heterocycles. The molecule has 1 aromatic carbocycles. The fourth-order valence-corrected chi connectivity index (χ4v) is 1.48. The Kier molecular flexibility index (Phi) is 4.17. The molecule has 1 N–H and O–H groups in total. The molecule has 1 unspecified atom stereocenters. The zero-order chi connectivity index (χ0) is 13.1. The monoisotopic (exact) mass is 244 g/mol. The van der Waals surface area contributed by atoms with Gasteiger partial charge in [0.2, 0.25) is 0 Å². The second kappa shape index (κ2) is 5.23. The summed E-state index contributed by atoms with van der Waals surface area (Å²) in [6.45, 7) is 2.37. The van der Waals surface area contributed by atoms with E-state index in [0.29, 0.717) is 6.92 Å². The molecule has 17 heavy (non-hydrogen) atoms. The SMILES string of the molecule is CCOC(=O)C(O)c1ccccc1C(C)(F)F. The standard InChI is InChI=1S/C12H14F2O3/c1-3-17-11(16)10(15)8-6-4-5-7-9(8)12(2,13)14/h4-7,10,15H,3H2,1-2H3. The molecule has 5 heteroatoms. The van der Waals surface area contributed by atoms with Crippen molar-refractivity contribution in [3.8, 4) is 0 Å². The molecule has 0 fully saturated rings. The number of rotatable bonds is 4. The molecule has 3 nitrogen and oxygen atoms in total. The number of esters is 1. The van der Waals surface area contributed by atoms with E-state index >= 15 is 0 Å². The third-order valence-corrected chi connectivity index (χ3v) is 2.24. The number of ether oxygens (including phenoxy) is 1. The van der Waals surface area contributed by atoms with Gasteiger partial charge in [0.15, 0.2) is 6.10 Å². The van der Waals surface area contributed by atoms with Crippen molar-refractivity contribution in [2.24, 2.45) is 0 Å². The van der Waals surface area contributed by atoms with Crippen molar-refractivity contribution >= 4 is 5.97 Å². The smallest absolute Gasteiger partial charge is 0.339 e. The Morgan fingerprint density at radius 2 is 2.06 bits per heavy atom. The maximum Gasteiger partial charge on any atom is 0.339 e. The number of hydrogen-bond acceptors (Lipinski definition) is 3. The van der Waals surface area contributed by atoms with Gasteiger partial charge in [-0.25, -0.2) is 13.6 Å². The first-order valence-electron chi connectivity index (χ1n) is 5.19. The number of hydrogen-bond donors (Lipinski definition) is 1. The van der Waals surface area contributed by atoms with Crippen molar-refractivity contribution in [3.05, 3.63) is 35.4 Å². The lowest BCUT2D eigenvalue weighted by molar-refractivity contribution is -0.153. The van der Waals surface area contributed by atoms with Crippen molar-refractivity contribution < 1.29 is 23.4 Å². The van der Waals surface area contributed by atoms with Gasteiger partial charge in [0.1, 0.15) is 0 Å². The zero-order valence-corrected chi connectivity index (χ0v) is 9.61. The predicted molar refractivity (Wildman–Crippen MR) is 57.6 cm³/mol. The average molecular weight is 244 g/mol. The second-order valence-corrected chi connectivity index (χ2v) is 3.63. The van der Waals surface area contributed by atoms with Crippen LogP contribution in [-0.2, 0) is 15.5 Å². The molecule has 0 aliphatic carbocycles. The molecule has 0 aromatic heterocycles. The van der Waals surface area contributed by atoms with Gasteiger partial charge < -0.3 is 9.84 Å². The predicted octanol–water partition coefficient (Wildman–Crippen LogP) is 2.39. The quantitative estimate of drug-likeness (QED) is 0.827. The van der Waals surface area contributed by atoms with Crippen LogP contribution in [0.3, 0.4) is 0 Å². The molecule has 0 amide bonds. The van der Waals surface area contributed by atoms with E-state index in [1.54, 1.807) is 6.92 Å². The van der Waals surface area contributed by atoms with Gasteiger partial charge in [-0.2, -0.15) is 0 Å². The molecular formula is C12H14F2O3. The molecular weight excluding hydrogens is 230 g/mol. The van der Waals surface area contributed by atoms with E-state index in [1.807, 2.05) is 0 Å². The summed E-state index contributed by atoms with van der Waals surface area (Å²) in [4.78, 5) is 11.3. The maximum absolute atomic E-state index is 13.3. The van der Waals surface area contributed by atoms with Crippen LogP contribution in [0.4, 0.5) is 8.78 Å². The Balaban J connectivity index is 3.09. The highest BCUT2D eigenvalue weighted by atomic mass is 19.3. The first-order chi connectivity index (χ1) is 7.88. The van der Waals surface area contributed by atoms with Crippen molar-refractivity contribution in [2.75, 3.05) is 6.61 Å². The summed E-state index contributed by atoms with van der Waals surface area (Å²) in [5, 5.41) is 9.66. The lowest BCUT2D eigenvalue weighted by atomic mass is 9.98. The first-order valence-corrected chi connectivity index (χ1v) is 5.19. The Morgan fingerprint density at radius 3 is 2.59 bits per heavy atom. The van der Waals surface area contributed by atoms with Crippen LogP contribution in [0.1, 0.15) is 31.1 Å². The minimum absolute atomic E-state index is 0.0839. The highest BCUT2D eigenvalue weighted by molar-refractivity contribution is 5.76. The summed E-state index contributed by atoms with van der Waals surface area (Å²) in [5.74, 6) is -4.05. The van der Waals surface area contributed by atoms with E-state index in [2.05, 4.69) is 4.74 Å². The molecule has 0 radical (unpaired) electrons. The van der Waals surface area contributed by atoms with Gasteiger partial charge in [-0.15, -0.1) is 0 Å². The number of carbonyl (C=O) groups excluding carboxylic acids is 1. The van der Waals surface area contributed by atoms with E-state index < -0.39 is 18.0 Å². The zero-order valence-electron chi connectivity index (χ0n) is 9.61. The Bertz CT molecular complexity index is 399. The van der Waals surface area contributed by atoms with E-state index in [0.717, 1.165) is 0 Å². The molecule has 0 spiro atoms. The summed E-state index contributed by atoms with van der Waals surface area (Å²) < 4.78 is 31.1. The first kappa shape index (κ1) is 13.6. The van der Waals surface area contributed by atoms with Crippen LogP contribution in [0.25, 0.3) is 0 Å². The Hall–Kier alpha value is -1.49. The molecule has 1 rings (SSSR count). The summed E-state index contributed by atoms with van der Waals surface area (Å²) in [6.07, 6.45) is -1.68.